The molecule has 0 fully saturated rings. The number of esters is 2. The monoisotopic (exact) mass is 474 g/mol. The van der Waals surface area contributed by atoms with Crippen LogP contribution >= 0.6 is 16.5 Å². The fourth-order valence-electron chi connectivity index (χ4n) is 1.71. The van der Waals surface area contributed by atoms with Crippen molar-refractivity contribution < 1.29 is 106 Å². The maximum Gasteiger partial charge on any atom is 1.00 e. The Labute approximate surface area is 218 Å². The van der Waals surface area contributed by atoms with Crippen LogP contribution in [0.3, 0.4) is 0 Å². The molecule has 10 nitrogen and oxygen atoms in total. The van der Waals surface area contributed by atoms with Gasteiger partial charge in [-0.3, -0.25) is 9.05 Å². The van der Waals surface area contributed by atoms with Crippen molar-refractivity contribution in [3.63, 3.8) is 0 Å². The molecule has 0 saturated heterocycles. The molecular formula is C16H14Na2O10P2+2. The van der Waals surface area contributed by atoms with Gasteiger partial charge >= 0.3 is 87.6 Å². The smallest absolute Gasteiger partial charge is 0.558 e. The van der Waals surface area contributed by atoms with Crippen molar-refractivity contribution in [1.29, 1.82) is 0 Å². The van der Waals surface area contributed by atoms with E-state index in [1.54, 1.807) is 0 Å². The molecule has 148 valence electrons. The van der Waals surface area contributed by atoms with Gasteiger partial charge in [-0.25, -0.2) is 9.59 Å². The first kappa shape index (κ1) is 31.3. The standard InChI is InChI=1S/2C8H7O5P.2Na/c2*1-12-8(9)6-2-4-7(5-3-6)13-14(10)11;;/h2*2-5H,1H3;;/q;;2*+1. The minimum Gasteiger partial charge on any atom is -0.558 e. The van der Waals surface area contributed by atoms with Crippen molar-refractivity contribution in [2.45, 2.75) is 0 Å². The maximum absolute atomic E-state index is 11.0. The molecule has 0 saturated carbocycles. The molecule has 2 aromatic rings. The van der Waals surface area contributed by atoms with Gasteiger partial charge in [0.15, 0.2) is 11.5 Å². The summed E-state index contributed by atoms with van der Waals surface area (Å²) in [5.74, 6) is -0.645. The molecule has 30 heavy (non-hydrogen) atoms. The summed E-state index contributed by atoms with van der Waals surface area (Å²) < 4.78 is 38.0. The number of hydrogen-bond acceptors (Lipinski definition) is 10. The summed E-state index contributed by atoms with van der Waals surface area (Å²) in [7, 11) is -3.31. The van der Waals surface area contributed by atoms with Crippen LogP contribution in [0.4, 0.5) is 0 Å². The number of hydrogen-bond donors (Lipinski definition) is 0. The molecule has 14 heteroatoms. The van der Waals surface area contributed by atoms with Gasteiger partial charge in [-0.05, 0) is 57.7 Å². The summed E-state index contributed by atoms with van der Waals surface area (Å²) in [5.41, 5.74) is 0.668. The second kappa shape index (κ2) is 16.8. The van der Waals surface area contributed by atoms with E-state index in [4.69, 9.17) is 0 Å². The molecule has 0 amide bonds. The Balaban J connectivity index is 0. The van der Waals surface area contributed by atoms with Crippen LogP contribution in [0.2, 0.25) is 0 Å². The number of carbonyl (C=O) groups is 2. The minimum absolute atomic E-state index is 0. The van der Waals surface area contributed by atoms with Crippen LogP contribution in [0, 0.1) is 0 Å². The Morgan fingerprint density at radius 1 is 0.667 bits per heavy atom. The van der Waals surface area contributed by atoms with Gasteiger partial charge in [0.1, 0.15) is 0 Å². The van der Waals surface area contributed by atoms with Crippen LogP contribution in [0.1, 0.15) is 20.7 Å². The van der Waals surface area contributed by atoms with Gasteiger partial charge in [0.2, 0.25) is 0 Å². The third kappa shape index (κ3) is 12.1. The topological polar surface area (TPSA) is 151 Å². The number of rotatable bonds is 6. The van der Waals surface area contributed by atoms with Crippen molar-refractivity contribution in [3.05, 3.63) is 59.7 Å². The molecule has 0 aliphatic carbocycles. The van der Waals surface area contributed by atoms with Crippen molar-refractivity contribution in [2.24, 2.45) is 0 Å². The van der Waals surface area contributed by atoms with E-state index in [0.29, 0.717) is 11.1 Å². The van der Waals surface area contributed by atoms with Crippen molar-refractivity contribution in [1.82, 2.24) is 0 Å². The van der Waals surface area contributed by atoms with E-state index >= 15 is 0 Å². The molecule has 0 aromatic heterocycles. The Kier molecular flexibility index (Phi) is 17.5. The Morgan fingerprint density at radius 2 is 0.933 bits per heavy atom. The zero-order valence-corrected chi connectivity index (χ0v) is 22.4. The Bertz CT molecular complexity index is 773. The average Bonchev–Trinajstić information content (AvgIpc) is 2.67. The number of ether oxygens (including phenoxy) is 2. The van der Waals surface area contributed by atoms with Crippen LogP contribution in [0.25, 0.3) is 0 Å². The van der Waals surface area contributed by atoms with Gasteiger partial charge < -0.3 is 19.3 Å². The first-order chi connectivity index (χ1) is 13.3. The third-order valence-corrected chi connectivity index (χ3v) is 3.63. The van der Waals surface area contributed by atoms with Crippen LogP contribution in [0.5, 0.6) is 11.5 Å². The van der Waals surface area contributed by atoms with Crippen LogP contribution in [0.15, 0.2) is 48.5 Å². The third-order valence-electron chi connectivity index (χ3n) is 2.91. The van der Waals surface area contributed by atoms with Gasteiger partial charge in [0.05, 0.1) is 25.3 Å². The summed E-state index contributed by atoms with van der Waals surface area (Å²) in [4.78, 5) is 42.3. The van der Waals surface area contributed by atoms with E-state index in [9.17, 15) is 28.5 Å². The van der Waals surface area contributed by atoms with E-state index in [1.807, 2.05) is 0 Å². The fraction of sp³-hybridized carbons (Fsp3) is 0.125. The second-order valence-electron chi connectivity index (χ2n) is 4.66. The van der Waals surface area contributed by atoms with Crippen molar-refractivity contribution >= 4 is 28.4 Å². The summed E-state index contributed by atoms with van der Waals surface area (Å²) in [6, 6.07) is 11.2. The SMILES string of the molecule is COC(=O)c1ccc(O[P+](=O)[O-])cc1.COC(=O)c1ccc(O[P+](=O)[O-])cc1.[Na+].[Na+]. The van der Waals surface area contributed by atoms with Crippen LogP contribution < -0.4 is 77.9 Å². The van der Waals surface area contributed by atoms with Gasteiger partial charge in [-0.15, -0.1) is 0 Å². The van der Waals surface area contributed by atoms with Gasteiger partial charge in [-0.1, -0.05) is 0 Å². The van der Waals surface area contributed by atoms with E-state index in [0.717, 1.165) is 0 Å². The molecule has 2 atom stereocenters. The number of benzene rings is 2. The van der Waals surface area contributed by atoms with E-state index < -0.39 is 28.4 Å². The predicted octanol–water partition coefficient (Wildman–Crippen LogP) is -4.25. The fourth-order valence-corrected chi connectivity index (χ4v) is 2.30. The van der Waals surface area contributed by atoms with Gasteiger partial charge in [-0.2, -0.15) is 0 Å². The first-order valence-corrected chi connectivity index (χ1v) is 9.47. The summed E-state index contributed by atoms with van der Waals surface area (Å²) in [6.07, 6.45) is 0. The summed E-state index contributed by atoms with van der Waals surface area (Å²) >= 11 is 0. The van der Waals surface area contributed by atoms with E-state index in [2.05, 4.69) is 18.5 Å². The normalized spacial score (nSPS) is 9.87. The zero-order chi connectivity index (χ0) is 21.1. The number of carbonyl (C=O) groups excluding carboxylic acids is 2. The molecule has 0 spiro atoms. The molecule has 2 unspecified atom stereocenters. The van der Waals surface area contributed by atoms with E-state index in [1.165, 1.54) is 62.8 Å². The van der Waals surface area contributed by atoms with Gasteiger partial charge in [0.25, 0.3) is 0 Å². The summed E-state index contributed by atoms with van der Waals surface area (Å²) in [6.45, 7) is 0. The molecule has 0 aliphatic heterocycles. The first-order valence-electron chi connectivity index (χ1n) is 7.28. The zero-order valence-electron chi connectivity index (χ0n) is 16.6. The maximum atomic E-state index is 11.0. The molecule has 0 aliphatic rings. The average molecular weight is 474 g/mol. The molecule has 0 radical (unpaired) electrons. The van der Waals surface area contributed by atoms with Crippen molar-refractivity contribution in [2.75, 3.05) is 14.2 Å². The van der Waals surface area contributed by atoms with Crippen molar-refractivity contribution in [3.8, 4) is 11.5 Å². The molecule has 2 aromatic carbocycles. The molecular weight excluding hydrogens is 460 g/mol. The minimum atomic E-state index is -2.92. The largest absolute Gasteiger partial charge is 1.00 e. The second-order valence-corrected chi connectivity index (χ2v) is 5.92. The molecule has 0 N–H and O–H groups in total. The number of methoxy groups -OCH3 is 2. The summed E-state index contributed by atoms with van der Waals surface area (Å²) in [5, 5.41) is 0. The van der Waals surface area contributed by atoms with Gasteiger partial charge in [0, 0.05) is 0 Å². The van der Waals surface area contributed by atoms with E-state index in [-0.39, 0.29) is 70.6 Å². The molecule has 0 heterocycles. The Morgan fingerprint density at radius 3 is 1.13 bits per heavy atom. The molecule has 2 rings (SSSR count). The quantitative estimate of drug-likeness (QED) is 0.229. The Hall–Kier alpha value is -0.900. The van der Waals surface area contributed by atoms with Crippen LogP contribution in [-0.4, -0.2) is 26.2 Å². The van der Waals surface area contributed by atoms with Crippen LogP contribution in [-0.2, 0) is 18.6 Å². The predicted molar refractivity (Wildman–Crippen MR) is 92.0 cm³/mol. The molecule has 0 bridgehead atoms.